The number of hydrogen-bond donors (Lipinski definition) is 1. The lowest BCUT2D eigenvalue weighted by Crippen LogP contribution is -2.07. The minimum Gasteiger partial charge on any atom is -0.481 e. The highest BCUT2D eigenvalue weighted by Crippen LogP contribution is 2.18. The van der Waals surface area contributed by atoms with E-state index in [9.17, 15) is 13.2 Å². The minimum atomic E-state index is -3.32. The summed E-state index contributed by atoms with van der Waals surface area (Å²) in [5, 5.41) is 8.84. The van der Waals surface area contributed by atoms with Gasteiger partial charge in [-0.1, -0.05) is 24.1 Å². The third-order valence-corrected chi connectivity index (χ3v) is 4.49. The lowest BCUT2D eigenvalue weighted by Gasteiger charge is -2.04. The van der Waals surface area contributed by atoms with Crippen molar-refractivity contribution in [1.29, 1.82) is 0 Å². The molecule has 0 heterocycles. The van der Waals surface area contributed by atoms with Crippen LogP contribution < -0.4 is 0 Å². The van der Waals surface area contributed by atoms with Crippen LogP contribution in [0, 0.1) is 0 Å². The predicted octanol–water partition coefficient (Wildman–Crippen LogP) is 2.76. The van der Waals surface area contributed by atoms with Crippen molar-refractivity contribution in [1.82, 2.24) is 0 Å². The summed E-state index contributed by atoms with van der Waals surface area (Å²) in [5.41, 5.74) is 0. The number of unbranched alkanes of at least 4 members (excludes halogenated alkanes) is 2. The third kappa shape index (κ3) is 5.06. The number of rotatable bonds is 7. The highest BCUT2D eigenvalue weighted by atomic mass is 35.5. The van der Waals surface area contributed by atoms with Crippen molar-refractivity contribution in [2.75, 3.05) is 5.75 Å². The number of benzene rings is 1. The lowest BCUT2D eigenvalue weighted by atomic mass is 10.2. The van der Waals surface area contributed by atoms with Gasteiger partial charge in [-0.05, 0) is 31.0 Å². The summed E-state index contributed by atoms with van der Waals surface area (Å²) < 4.78 is 23.8. The summed E-state index contributed by atoms with van der Waals surface area (Å²) >= 11 is 5.74. The molecule has 4 nitrogen and oxygen atoms in total. The van der Waals surface area contributed by atoms with Crippen LogP contribution in [-0.2, 0) is 14.6 Å². The average molecular weight is 291 g/mol. The van der Waals surface area contributed by atoms with Crippen molar-refractivity contribution in [3.8, 4) is 0 Å². The van der Waals surface area contributed by atoms with Crippen LogP contribution >= 0.6 is 11.6 Å². The average Bonchev–Trinajstić information content (AvgIpc) is 2.28. The van der Waals surface area contributed by atoms with Gasteiger partial charge in [-0.3, -0.25) is 4.79 Å². The molecule has 1 rings (SSSR count). The molecule has 0 spiro atoms. The largest absolute Gasteiger partial charge is 0.481 e. The van der Waals surface area contributed by atoms with Gasteiger partial charge in [0.1, 0.15) is 0 Å². The zero-order valence-electron chi connectivity index (χ0n) is 9.80. The molecule has 0 saturated heterocycles. The van der Waals surface area contributed by atoms with Crippen molar-refractivity contribution in [2.45, 2.75) is 30.6 Å². The first-order valence-corrected chi connectivity index (χ1v) is 7.65. The Bertz CT molecular complexity index is 511. The van der Waals surface area contributed by atoms with Crippen molar-refractivity contribution < 1.29 is 18.3 Å². The van der Waals surface area contributed by atoms with Crippen LogP contribution in [0.15, 0.2) is 29.2 Å². The molecule has 1 N–H and O–H groups in total. The van der Waals surface area contributed by atoms with Gasteiger partial charge >= 0.3 is 5.97 Å². The smallest absolute Gasteiger partial charge is 0.303 e. The fourth-order valence-corrected chi connectivity index (χ4v) is 3.19. The first-order valence-electron chi connectivity index (χ1n) is 5.62. The minimum absolute atomic E-state index is 0.0208. The summed E-state index contributed by atoms with van der Waals surface area (Å²) in [4.78, 5) is 10.5. The molecule has 1 aromatic rings. The molecule has 0 atom stereocenters. The number of carbonyl (C=O) groups is 1. The van der Waals surface area contributed by atoms with Crippen molar-refractivity contribution >= 4 is 27.4 Å². The first-order chi connectivity index (χ1) is 8.42. The van der Waals surface area contributed by atoms with E-state index in [0.717, 1.165) is 0 Å². The molecule has 0 radical (unpaired) electrons. The van der Waals surface area contributed by atoms with Crippen molar-refractivity contribution in [3.63, 3.8) is 0 Å². The van der Waals surface area contributed by atoms with Crippen LogP contribution in [0.3, 0.4) is 0 Å². The Kier molecular flexibility index (Phi) is 5.62. The van der Waals surface area contributed by atoms with Crippen LogP contribution in [0.4, 0.5) is 0 Å². The standard InChI is InChI=1S/C12H15ClO4S/c13-10-5-4-6-11(9-10)18(16,17)8-3-1-2-7-12(14)15/h4-6,9H,1-3,7-8H2,(H,14,15). The number of sulfone groups is 1. The fraction of sp³-hybridized carbons (Fsp3) is 0.417. The predicted molar refractivity (Wildman–Crippen MR) is 69.6 cm³/mol. The van der Waals surface area contributed by atoms with Crippen LogP contribution in [0.25, 0.3) is 0 Å². The second-order valence-corrected chi connectivity index (χ2v) is 6.53. The summed E-state index contributed by atoms with van der Waals surface area (Å²) in [6.07, 6.45) is 1.63. The molecule has 1 aromatic carbocycles. The summed E-state index contributed by atoms with van der Waals surface area (Å²) in [7, 11) is -3.32. The quantitative estimate of drug-likeness (QED) is 0.784. The van der Waals surface area contributed by atoms with Crippen LogP contribution in [0.2, 0.25) is 5.02 Å². The molecule has 0 amide bonds. The Morgan fingerprint density at radius 1 is 1.22 bits per heavy atom. The monoisotopic (exact) mass is 290 g/mol. The van der Waals surface area contributed by atoms with E-state index in [-0.39, 0.29) is 17.1 Å². The van der Waals surface area contributed by atoms with Crippen LogP contribution in [0.5, 0.6) is 0 Å². The van der Waals surface area contributed by atoms with Crippen molar-refractivity contribution in [3.05, 3.63) is 29.3 Å². The Morgan fingerprint density at radius 2 is 1.94 bits per heavy atom. The van der Waals surface area contributed by atoms with E-state index in [4.69, 9.17) is 16.7 Å². The molecule has 0 saturated carbocycles. The third-order valence-electron chi connectivity index (χ3n) is 2.46. The maximum Gasteiger partial charge on any atom is 0.303 e. The summed E-state index contributed by atoms with van der Waals surface area (Å²) in [5.74, 6) is -0.833. The number of carboxylic acids is 1. The normalized spacial score (nSPS) is 11.4. The van der Waals surface area contributed by atoms with Gasteiger partial charge < -0.3 is 5.11 Å². The number of halogens is 1. The van der Waals surface area contributed by atoms with Gasteiger partial charge in [-0.2, -0.15) is 0 Å². The maximum absolute atomic E-state index is 11.9. The van der Waals surface area contributed by atoms with E-state index in [2.05, 4.69) is 0 Å². The van der Waals surface area contributed by atoms with E-state index in [0.29, 0.717) is 24.3 Å². The highest BCUT2D eigenvalue weighted by Gasteiger charge is 2.14. The van der Waals surface area contributed by atoms with Gasteiger partial charge in [0.2, 0.25) is 0 Å². The van der Waals surface area contributed by atoms with Crippen LogP contribution in [-0.4, -0.2) is 25.2 Å². The van der Waals surface area contributed by atoms with Gasteiger partial charge in [-0.25, -0.2) is 8.42 Å². The Hall–Kier alpha value is -1.07. The number of carboxylic acid groups (broad SMARTS) is 1. The molecule has 0 aliphatic rings. The zero-order valence-corrected chi connectivity index (χ0v) is 11.4. The molecule has 0 fully saturated rings. The lowest BCUT2D eigenvalue weighted by molar-refractivity contribution is -0.137. The molecule has 0 bridgehead atoms. The summed E-state index contributed by atoms with van der Waals surface area (Å²) in [6, 6.07) is 6.15. The number of aliphatic carboxylic acids is 1. The maximum atomic E-state index is 11.9. The topological polar surface area (TPSA) is 71.4 Å². The molecule has 18 heavy (non-hydrogen) atoms. The number of hydrogen-bond acceptors (Lipinski definition) is 3. The van der Waals surface area contributed by atoms with Crippen LogP contribution in [0.1, 0.15) is 25.7 Å². The van der Waals surface area contributed by atoms with Gasteiger partial charge in [0.05, 0.1) is 10.6 Å². The fourth-order valence-electron chi connectivity index (χ4n) is 1.52. The molecule has 0 unspecified atom stereocenters. The second-order valence-electron chi connectivity index (χ2n) is 3.98. The van der Waals surface area contributed by atoms with Gasteiger partial charge in [0.15, 0.2) is 9.84 Å². The Labute approximate surface area is 112 Å². The molecule has 6 heteroatoms. The van der Waals surface area contributed by atoms with E-state index in [1.165, 1.54) is 12.1 Å². The molecular weight excluding hydrogens is 276 g/mol. The van der Waals surface area contributed by atoms with Crippen molar-refractivity contribution in [2.24, 2.45) is 0 Å². The molecule has 100 valence electrons. The Morgan fingerprint density at radius 3 is 2.56 bits per heavy atom. The molecule has 0 aliphatic carbocycles. The molecular formula is C12H15ClO4S. The highest BCUT2D eigenvalue weighted by molar-refractivity contribution is 7.91. The first kappa shape index (κ1) is 15.0. The Balaban J connectivity index is 2.48. The molecule has 0 aromatic heterocycles. The van der Waals surface area contributed by atoms with E-state index in [1.54, 1.807) is 12.1 Å². The van der Waals surface area contributed by atoms with E-state index < -0.39 is 15.8 Å². The van der Waals surface area contributed by atoms with E-state index in [1.807, 2.05) is 0 Å². The van der Waals surface area contributed by atoms with Gasteiger partial charge in [0, 0.05) is 11.4 Å². The second kappa shape index (κ2) is 6.75. The summed E-state index contributed by atoms with van der Waals surface area (Å²) in [6.45, 7) is 0. The zero-order chi connectivity index (χ0) is 13.6. The van der Waals surface area contributed by atoms with Gasteiger partial charge in [0.25, 0.3) is 0 Å². The van der Waals surface area contributed by atoms with E-state index >= 15 is 0 Å². The van der Waals surface area contributed by atoms with Gasteiger partial charge in [-0.15, -0.1) is 0 Å². The molecule has 0 aliphatic heterocycles. The SMILES string of the molecule is O=C(O)CCCCCS(=O)(=O)c1cccc(Cl)c1.